The zero-order valence-electron chi connectivity index (χ0n) is 11.5. The first-order valence-electron chi connectivity index (χ1n) is 6.42. The van der Waals surface area contributed by atoms with Gasteiger partial charge in [-0.15, -0.1) is 0 Å². The average Bonchev–Trinajstić information content (AvgIpc) is 2.48. The number of carbonyl (C=O) groups is 1. The van der Waals surface area contributed by atoms with E-state index in [1.54, 1.807) is 36.4 Å². The summed E-state index contributed by atoms with van der Waals surface area (Å²) in [4.78, 5) is 12.0. The van der Waals surface area contributed by atoms with Gasteiger partial charge in [-0.1, -0.05) is 23.7 Å². The minimum absolute atomic E-state index is 0.231. The first-order chi connectivity index (χ1) is 10.1. The second-order valence-corrected chi connectivity index (χ2v) is 4.93. The molecule has 0 aromatic heterocycles. The second kappa shape index (κ2) is 7.20. The quantitative estimate of drug-likeness (QED) is 0.916. The number of methoxy groups -OCH3 is 1. The molecule has 0 saturated heterocycles. The van der Waals surface area contributed by atoms with Gasteiger partial charge in [0.05, 0.1) is 6.10 Å². The van der Waals surface area contributed by atoms with Crippen molar-refractivity contribution in [2.75, 3.05) is 13.7 Å². The lowest BCUT2D eigenvalue weighted by Crippen LogP contribution is -2.29. The summed E-state index contributed by atoms with van der Waals surface area (Å²) in [6.07, 6.45) is -0.406. The first-order valence-corrected chi connectivity index (χ1v) is 6.80. The molecule has 3 nitrogen and oxygen atoms in total. The van der Waals surface area contributed by atoms with Gasteiger partial charge in [0.2, 0.25) is 0 Å². The zero-order chi connectivity index (χ0) is 15.2. The smallest absolute Gasteiger partial charge is 0.251 e. The molecule has 0 bridgehead atoms. The maximum Gasteiger partial charge on any atom is 0.251 e. The summed E-state index contributed by atoms with van der Waals surface area (Å²) < 4.78 is 18.5. The molecule has 5 heteroatoms. The molecular weight excluding hydrogens is 293 g/mol. The minimum Gasteiger partial charge on any atom is -0.375 e. The fourth-order valence-electron chi connectivity index (χ4n) is 1.93. The molecule has 1 N–H and O–H groups in total. The van der Waals surface area contributed by atoms with Gasteiger partial charge in [-0.25, -0.2) is 4.39 Å². The molecule has 2 rings (SSSR count). The Balaban J connectivity index is 2.00. The molecule has 110 valence electrons. The highest BCUT2D eigenvalue weighted by molar-refractivity contribution is 6.30. The predicted octanol–water partition coefficient (Wildman–Crippen LogP) is 3.60. The predicted molar refractivity (Wildman–Crippen MR) is 79.9 cm³/mol. The summed E-state index contributed by atoms with van der Waals surface area (Å²) >= 11 is 5.77. The monoisotopic (exact) mass is 307 g/mol. The highest BCUT2D eigenvalue weighted by Gasteiger charge is 2.13. The maximum absolute atomic E-state index is 13.2. The number of nitrogens with one attached hydrogen (secondary N) is 1. The van der Waals surface area contributed by atoms with Crippen molar-refractivity contribution in [2.45, 2.75) is 6.10 Å². The Morgan fingerprint density at radius 1 is 1.29 bits per heavy atom. The third kappa shape index (κ3) is 4.28. The van der Waals surface area contributed by atoms with Crippen LogP contribution in [0.2, 0.25) is 5.02 Å². The molecule has 0 fully saturated rings. The summed E-state index contributed by atoms with van der Waals surface area (Å²) in [6.45, 7) is 0.251. The van der Waals surface area contributed by atoms with E-state index in [1.807, 2.05) is 0 Å². The van der Waals surface area contributed by atoms with Gasteiger partial charge in [-0.3, -0.25) is 4.79 Å². The number of carbonyl (C=O) groups excluding carboxylic acids is 1. The van der Waals surface area contributed by atoms with E-state index >= 15 is 0 Å². The molecule has 0 saturated carbocycles. The van der Waals surface area contributed by atoms with Crippen molar-refractivity contribution < 1.29 is 13.9 Å². The summed E-state index contributed by atoms with van der Waals surface area (Å²) in [7, 11) is 1.52. The molecule has 21 heavy (non-hydrogen) atoms. The van der Waals surface area contributed by atoms with E-state index in [4.69, 9.17) is 16.3 Å². The minimum atomic E-state index is -0.406. The normalized spacial score (nSPS) is 12.0. The highest BCUT2D eigenvalue weighted by atomic mass is 35.5. The SMILES string of the molecule is COC(CNC(=O)c1ccc(Cl)cc1)c1cccc(F)c1. The number of ether oxygens (including phenoxy) is 1. The molecule has 1 amide bonds. The van der Waals surface area contributed by atoms with E-state index in [2.05, 4.69) is 5.32 Å². The molecule has 2 aromatic carbocycles. The van der Waals surface area contributed by atoms with Crippen LogP contribution < -0.4 is 5.32 Å². The fraction of sp³-hybridized carbons (Fsp3) is 0.188. The van der Waals surface area contributed by atoms with Gasteiger partial charge >= 0.3 is 0 Å². The number of halogens is 2. The van der Waals surface area contributed by atoms with Gasteiger partial charge in [-0.2, -0.15) is 0 Å². The van der Waals surface area contributed by atoms with Crippen molar-refractivity contribution in [1.29, 1.82) is 0 Å². The second-order valence-electron chi connectivity index (χ2n) is 4.50. The van der Waals surface area contributed by atoms with E-state index in [1.165, 1.54) is 19.2 Å². The van der Waals surface area contributed by atoms with Crippen LogP contribution in [0.3, 0.4) is 0 Å². The van der Waals surface area contributed by atoms with Gasteiger partial charge in [0.25, 0.3) is 5.91 Å². The number of hydrogen-bond acceptors (Lipinski definition) is 2. The standard InChI is InChI=1S/C16H15ClFNO2/c1-21-15(12-3-2-4-14(18)9-12)10-19-16(20)11-5-7-13(17)8-6-11/h2-9,15H,10H2,1H3,(H,19,20). The Morgan fingerprint density at radius 2 is 2.00 bits per heavy atom. The van der Waals surface area contributed by atoms with E-state index < -0.39 is 6.10 Å². The zero-order valence-corrected chi connectivity index (χ0v) is 12.2. The average molecular weight is 308 g/mol. The number of amides is 1. The summed E-state index contributed by atoms with van der Waals surface area (Å²) in [5.41, 5.74) is 1.18. The van der Waals surface area contributed by atoms with Crippen LogP contribution in [-0.2, 0) is 4.74 Å². The fourth-order valence-corrected chi connectivity index (χ4v) is 2.06. The van der Waals surface area contributed by atoms with Crippen molar-refractivity contribution >= 4 is 17.5 Å². The van der Waals surface area contributed by atoms with Crippen LogP contribution in [0.25, 0.3) is 0 Å². The highest BCUT2D eigenvalue weighted by Crippen LogP contribution is 2.17. The van der Waals surface area contributed by atoms with Gasteiger partial charge in [0.15, 0.2) is 0 Å². The molecular formula is C16H15ClFNO2. The molecule has 1 unspecified atom stereocenters. The summed E-state index contributed by atoms with van der Waals surface area (Å²) in [5.74, 6) is -0.566. The van der Waals surface area contributed by atoms with E-state index in [-0.39, 0.29) is 18.3 Å². The summed E-state index contributed by atoms with van der Waals surface area (Å²) in [6, 6.07) is 12.7. The number of rotatable bonds is 5. The third-order valence-corrected chi connectivity index (χ3v) is 3.31. The van der Waals surface area contributed by atoms with Gasteiger partial charge in [0.1, 0.15) is 5.82 Å². The van der Waals surface area contributed by atoms with Crippen molar-refractivity contribution in [3.05, 3.63) is 70.5 Å². The van der Waals surface area contributed by atoms with Gasteiger partial charge in [-0.05, 0) is 42.0 Å². The van der Waals surface area contributed by atoms with Crippen molar-refractivity contribution in [3.8, 4) is 0 Å². The van der Waals surface area contributed by atoms with E-state index in [9.17, 15) is 9.18 Å². The first kappa shape index (κ1) is 15.5. The molecule has 0 aliphatic heterocycles. The Kier molecular flexibility index (Phi) is 5.31. The molecule has 0 aliphatic rings. The molecule has 2 aromatic rings. The van der Waals surface area contributed by atoms with Gasteiger partial charge in [0, 0.05) is 24.2 Å². The van der Waals surface area contributed by atoms with Crippen LogP contribution >= 0.6 is 11.6 Å². The Hall–Kier alpha value is -1.91. The molecule has 0 heterocycles. The lowest BCUT2D eigenvalue weighted by atomic mass is 10.1. The van der Waals surface area contributed by atoms with Crippen molar-refractivity contribution in [1.82, 2.24) is 5.32 Å². The third-order valence-electron chi connectivity index (χ3n) is 3.06. The largest absolute Gasteiger partial charge is 0.375 e. The molecule has 0 spiro atoms. The van der Waals surface area contributed by atoms with Crippen LogP contribution in [0.5, 0.6) is 0 Å². The molecule has 0 radical (unpaired) electrons. The van der Waals surface area contributed by atoms with Crippen LogP contribution in [0.4, 0.5) is 4.39 Å². The van der Waals surface area contributed by atoms with Crippen LogP contribution in [0.1, 0.15) is 22.0 Å². The van der Waals surface area contributed by atoms with E-state index in [0.29, 0.717) is 16.1 Å². The Labute approximate surface area is 127 Å². The van der Waals surface area contributed by atoms with Crippen molar-refractivity contribution in [2.24, 2.45) is 0 Å². The van der Waals surface area contributed by atoms with Crippen LogP contribution in [-0.4, -0.2) is 19.6 Å². The van der Waals surface area contributed by atoms with Crippen LogP contribution in [0, 0.1) is 5.82 Å². The summed E-state index contributed by atoms with van der Waals surface area (Å²) in [5, 5.41) is 3.33. The Morgan fingerprint density at radius 3 is 2.62 bits per heavy atom. The molecule has 0 aliphatic carbocycles. The number of benzene rings is 2. The van der Waals surface area contributed by atoms with Crippen molar-refractivity contribution in [3.63, 3.8) is 0 Å². The lowest BCUT2D eigenvalue weighted by Gasteiger charge is -2.16. The lowest BCUT2D eigenvalue weighted by molar-refractivity contribution is 0.0827. The molecule has 1 atom stereocenters. The maximum atomic E-state index is 13.2. The van der Waals surface area contributed by atoms with E-state index in [0.717, 1.165) is 0 Å². The number of hydrogen-bond donors (Lipinski definition) is 1. The Bertz CT molecular complexity index is 616. The topological polar surface area (TPSA) is 38.3 Å². The van der Waals surface area contributed by atoms with Gasteiger partial charge < -0.3 is 10.1 Å². The van der Waals surface area contributed by atoms with Crippen LogP contribution in [0.15, 0.2) is 48.5 Å².